The van der Waals surface area contributed by atoms with Crippen molar-refractivity contribution in [2.45, 2.75) is 51.1 Å². The number of nitrogens with one attached hydrogen (secondary N) is 2. The highest BCUT2D eigenvalue weighted by atomic mass is 19.4. The number of rotatable bonds is 4. The highest BCUT2D eigenvalue weighted by Crippen LogP contribution is 2.30. The number of aryl methyl sites for hydroxylation is 1. The molecular weight excluding hydrogens is 411 g/mol. The summed E-state index contributed by atoms with van der Waals surface area (Å²) in [6.07, 6.45) is 1.77. The van der Waals surface area contributed by atoms with Crippen LogP contribution in [0.1, 0.15) is 31.4 Å². The molecule has 8 nitrogen and oxygen atoms in total. The second-order valence-corrected chi connectivity index (χ2v) is 7.73. The molecule has 0 spiro atoms. The molecule has 0 aromatic carbocycles. The molecule has 11 heteroatoms. The van der Waals surface area contributed by atoms with Crippen LogP contribution in [0.4, 0.5) is 19.1 Å². The molecule has 0 bridgehead atoms. The molecule has 162 valence electrons. The molecule has 0 saturated heterocycles. The Kier molecular flexibility index (Phi) is 4.77. The van der Waals surface area contributed by atoms with E-state index in [2.05, 4.69) is 35.1 Å². The molecule has 4 aromatic heterocycles. The van der Waals surface area contributed by atoms with E-state index in [1.54, 1.807) is 16.9 Å². The van der Waals surface area contributed by atoms with E-state index in [0.29, 0.717) is 37.3 Å². The fourth-order valence-electron chi connectivity index (χ4n) is 4.02. The van der Waals surface area contributed by atoms with Gasteiger partial charge in [0.25, 0.3) is 0 Å². The molecule has 0 atom stereocenters. The zero-order valence-electron chi connectivity index (χ0n) is 16.6. The maximum Gasteiger partial charge on any atom is 0.522 e. The van der Waals surface area contributed by atoms with Crippen LogP contribution in [-0.4, -0.2) is 48.1 Å². The molecule has 1 aliphatic carbocycles. The van der Waals surface area contributed by atoms with Gasteiger partial charge in [-0.2, -0.15) is 10.1 Å². The Bertz CT molecular complexity index is 1220. The zero-order valence-corrected chi connectivity index (χ0v) is 16.6. The highest BCUT2D eigenvalue weighted by molar-refractivity contribution is 5.92. The van der Waals surface area contributed by atoms with Crippen molar-refractivity contribution in [1.82, 2.24) is 29.5 Å². The highest BCUT2D eigenvalue weighted by Gasteiger charge is 2.35. The van der Waals surface area contributed by atoms with Crippen molar-refractivity contribution < 1.29 is 17.9 Å². The third-order valence-corrected chi connectivity index (χ3v) is 5.55. The summed E-state index contributed by atoms with van der Waals surface area (Å²) < 4.78 is 43.0. The average Bonchev–Trinajstić information content (AvgIpc) is 3.31. The number of ether oxygens (including phenoxy) is 1. The standard InChI is InChI=1S/C20H20F3N7O/c1-11-8-24-17-7-6-16(29-30(11)17)14-9-25-18-15(14)10-26-19(28-18)27-12-2-4-13(5-3-12)31-20(21,22)23/h6-10,12-13H,2-5H2,1H3,(H2,25,26,27,28). The Labute approximate surface area is 174 Å². The molecule has 5 rings (SSSR count). The van der Waals surface area contributed by atoms with Gasteiger partial charge in [0.1, 0.15) is 5.65 Å². The Balaban J connectivity index is 1.31. The van der Waals surface area contributed by atoms with Gasteiger partial charge in [0.05, 0.1) is 23.7 Å². The van der Waals surface area contributed by atoms with Crippen LogP contribution in [0.15, 0.2) is 30.7 Å². The summed E-state index contributed by atoms with van der Waals surface area (Å²) >= 11 is 0. The fourth-order valence-corrected chi connectivity index (χ4v) is 4.02. The zero-order chi connectivity index (χ0) is 21.6. The third kappa shape index (κ3) is 4.05. The first-order chi connectivity index (χ1) is 14.9. The van der Waals surface area contributed by atoms with Crippen LogP contribution in [0.5, 0.6) is 0 Å². The van der Waals surface area contributed by atoms with Crippen molar-refractivity contribution >= 4 is 22.6 Å². The Morgan fingerprint density at radius 2 is 1.94 bits per heavy atom. The Morgan fingerprint density at radius 1 is 1.13 bits per heavy atom. The number of alkyl halides is 3. The minimum absolute atomic E-state index is 0.00764. The maximum atomic E-state index is 12.4. The van der Waals surface area contributed by atoms with E-state index in [1.807, 2.05) is 25.3 Å². The minimum Gasteiger partial charge on any atom is -0.351 e. The van der Waals surface area contributed by atoms with Crippen LogP contribution in [0.3, 0.4) is 0 Å². The smallest absolute Gasteiger partial charge is 0.351 e. The molecule has 0 radical (unpaired) electrons. The monoisotopic (exact) mass is 431 g/mol. The summed E-state index contributed by atoms with van der Waals surface area (Å²) in [6.45, 7) is 1.94. The quantitative estimate of drug-likeness (QED) is 0.502. The summed E-state index contributed by atoms with van der Waals surface area (Å²) in [4.78, 5) is 16.4. The van der Waals surface area contributed by atoms with Crippen LogP contribution in [0, 0.1) is 6.92 Å². The first-order valence-electron chi connectivity index (χ1n) is 10.0. The van der Waals surface area contributed by atoms with Gasteiger partial charge in [0.2, 0.25) is 5.95 Å². The third-order valence-electron chi connectivity index (χ3n) is 5.55. The van der Waals surface area contributed by atoms with Gasteiger partial charge in [0.15, 0.2) is 5.65 Å². The van der Waals surface area contributed by atoms with Crippen molar-refractivity contribution in [3.63, 3.8) is 0 Å². The number of imidazole rings is 1. The predicted octanol–water partition coefficient (Wildman–Crippen LogP) is 4.24. The van der Waals surface area contributed by atoms with E-state index in [4.69, 9.17) is 0 Å². The molecule has 0 aliphatic heterocycles. The number of H-pyrrole nitrogens is 1. The van der Waals surface area contributed by atoms with Gasteiger partial charge in [-0.25, -0.2) is 14.5 Å². The first-order valence-corrected chi connectivity index (χ1v) is 10.0. The van der Waals surface area contributed by atoms with Gasteiger partial charge in [-0.1, -0.05) is 0 Å². The van der Waals surface area contributed by atoms with Gasteiger partial charge >= 0.3 is 6.36 Å². The summed E-state index contributed by atoms with van der Waals surface area (Å²) in [6, 6.07) is 3.81. The fraction of sp³-hybridized carbons (Fsp3) is 0.400. The number of halogens is 3. The predicted molar refractivity (Wildman–Crippen MR) is 107 cm³/mol. The van der Waals surface area contributed by atoms with E-state index >= 15 is 0 Å². The molecule has 0 unspecified atom stereocenters. The lowest BCUT2D eigenvalue weighted by molar-refractivity contribution is -0.345. The average molecular weight is 431 g/mol. The molecule has 4 aromatic rings. The molecule has 1 saturated carbocycles. The minimum atomic E-state index is -4.58. The molecule has 31 heavy (non-hydrogen) atoms. The lowest BCUT2D eigenvalue weighted by Gasteiger charge is -2.29. The van der Waals surface area contributed by atoms with Crippen LogP contribution in [0.25, 0.3) is 27.9 Å². The van der Waals surface area contributed by atoms with E-state index in [0.717, 1.165) is 28.0 Å². The second-order valence-electron chi connectivity index (χ2n) is 7.73. The molecule has 4 heterocycles. The van der Waals surface area contributed by atoms with Crippen LogP contribution in [0.2, 0.25) is 0 Å². The van der Waals surface area contributed by atoms with Gasteiger partial charge in [-0.3, -0.25) is 4.74 Å². The van der Waals surface area contributed by atoms with Crippen LogP contribution >= 0.6 is 0 Å². The van der Waals surface area contributed by atoms with E-state index in [9.17, 15) is 13.2 Å². The Hall–Kier alpha value is -3.21. The van der Waals surface area contributed by atoms with Crippen LogP contribution in [-0.2, 0) is 4.74 Å². The lowest BCUT2D eigenvalue weighted by atomic mass is 9.93. The number of fused-ring (bicyclic) bond motifs is 2. The summed E-state index contributed by atoms with van der Waals surface area (Å²) in [7, 11) is 0. The summed E-state index contributed by atoms with van der Waals surface area (Å²) in [5.74, 6) is 0.440. The Morgan fingerprint density at radius 3 is 2.71 bits per heavy atom. The van der Waals surface area contributed by atoms with Gasteiger partial charge in [0, 0.05) is 29.4 Å². The largest absolute Gasteiger partial charge is 0.522 e. The van der Waals surface area contributed by atoms with Gasteiger partial charge in [-0.05, 0) is 44.7 Å². The van der Waals surface area contributed by atoms with Gasteiger partial charge in [-0.15, -0.1) is 13.2 Å². The normalized spacial score (nSPS) is 19.9. The van der Waals surface area contributed by atoms with E-state index in [1.165, 1.54) is 0 Å². The molecule has 1 aliphatic rings. The number of nitrogens with zero attached hydrogens (tertiary/aromatic N) is 5. The first kappa shape index (κ1) is 19.7. The number of anilines is 1. The van der Waals surface area contributed by atoms with Crippen LogP contribution < -0.4 is 5.32 Å². The SMILES string of the molecule is Cc1cnc2ccc(-c3c[nH]c4nc(NC5CCC(OC(F)(F)F)CC5)ncc34)nn12. The number of hydrogen-bond acceptors (Lipinski definition) is 6. The summed E-state index contributed by atoms with van der Waals surface area (Å²) in [5.41, 5.74) is 4.02. The second kappa shape index (κ2) is 7.49. The van der Waals surface area contributed by atoms with E-state index < -0.39 is 12.5 Å². The molecular formula is C20H20F3N7O. The van der Waals surface area contributed by atoms with E-state index in [-0.39, 0.29) is 6.04 Å². The van der Waals surface area contributed by atoms with Crippen molar-refractivity contribution in [2.75, 3.05) is 5.32 Å². The molecule has 1 fully saturated rings. The summed E-state index contributed by atoms with van der Waals surface area (Å²) in [5, 5.41) is 8.70. The maximum absolute atomic E-state index is 12.4. The van der Waals surface area contributed by atoms with Crippen molar-refractivity contribution in [3.05, 3.63) is 36.4 Å². The van der Waals surface area contributed by atoms with Gasteiger partial charge < -0.3 is 10.3 Å². The van der Waals surface area contributed by atoms with Crippen molar-refractivity contribution in [1.29, 1.82) is 0 Å². The number of aromatic amines is 1. The number of aromatic nitrogens is 6. The molecule has 0 amide bonds. The lowest BCUT2D eigenvalue weighted by Crippen LogP contribution is -2.33. The van der Waals surface area contributed by atoms with Crippen molar-refractivity contribution in [2.24, 2.45) is 0 Å². The number of hydrogen-bond donors (Lipinski definition) is 2. The molecule has 2 N–H and O–H groups in total. The van der Waals surface area contributed by atoms with Crippen molar-refractivity contribution in [3.8, 4) is 11.3 Å². The topological polar surface area (TPSA) is 93.0 Å².